The molecule has 1 aliphatic heterocycles. The fourth-order valence-electron chi connectivity index (χ4n) is 4.75. The van der Waals surface area contributed by atoms with E-state index in [0.29, 0.717) is 11.4 Å². The Balaban J connectivity index is 1.65. The largest absolute Gasteiger partial charge is 0.318 e. The Morgan fingerprint density at radius 3 is 1.42 bits per heavy atom. The number of hydrogen-bond donors (Lipinski definition) is 0. The summed E-state index contributed by atoms with van der Waals surface area (Å²) in [4.78, 5) is 30.7. The maximum atomic E-state index is 13.9. The highest BCUT2D eigenvalue weighted by molar-refractivity contribution is 7.81. The van der Waals surface area contributed by atoms with Crippen LogP contribution in [0, 0.1) is 34.6 Å². The molecule has 1 fully saturated rings. The van der Waals surface area contributed by atoms with Gasteiger partial charge in [-0.05, 0) is 101 Å². The first-order valence-electron chi connectivity index (χ1n) is 12.5. The number of carbonyl (C=O) groups is 2. The quantitative estimate of drug-likeness (QED) is 0.170. The number of benzene rings is 3. The van der Waals surface area contributed by atoms with E-state index in [4.69, 9.17) is 12.2 Å². The second-order valence-electron chi connectivity index (χ2n) is 9.79. The first kappa shape index (κ1) is 25.4. The van der Waals surface area contributed by atoms with Gasteiger partial charge in [-0.15, -0.1) is 0 Å². The van der Waals surface area contributed by atoms with E-state index in [-0.39, 0.29) is 10.7 Å². The van der Waals surface area contributed by atoms with Crippen LogP contribution in [-0.4, -0.2) is 21.5 Å². The molecule has 2 amide bonds. The van der Waals surface area contributed by atoms with Crippen molar-refractivity contribution in [3.05, 3.63) is 118 Å². The van der Waals surface area contributed by atoms with E-state index in [2.05, 4.69) is 35.8 Å². The van der Waals surface area contributed by atoms with Gasteiger partial charge in [0.25, 0.3) is 11.8 Å². The summed E-state index contributed by atoms with van der Waals surface area (Å²) in [5.74, 6) is -0.875. The molecule has 0 aliphatic carbocycles. The van der Waals surface area contributed by atoms with Crippen LogP contribution in [0.2, 0.25) is 0 Å². The lowest BCUT2D eigenvalue weighted by Gasteiger charge is -2.36. The number of hydrogen-bond acceptors (Lipinski definition) is 3. The number of aromatic nitrogens is 1. The molecule has 3 aromatic carbocycles. The van der Waals surface area contributed by atoms with Crippen LogP contribution < -0.4 is 9.80 Å². The summed E-state index contributed by atoms with van der Waals surface area (Å²) >= 11 is 5.75. The highest BCUT2D eigenvalue weighted by Crippen LogP contribution is 2.31. The zero-order valence-corrected chi connectivity index (χ0v) is 23.0. The number of carbonyl (C=O) groups excluding carboxylic acids is 2. The molecule has 0 atom stereocenters. The van der Waals surface area contributed by atoms with Crippen LogP contribution in [0.25, 0.3) is 11.8 Å². The fraction of sp³-hybridized carbons (Fsp3) is 0.156. The Labute approximate surface area is 228 Å². The second kappa shape index (κ2) is 9.88. The van der Waals surface area contributed by atoms with Crippen LogP contribution >= 0.6 is 12.2 Å². The van der Waals surface area contributed by atoms with Crippen molar-refractivity contribution in [1.82, 2.24) is 4.57 Å². The Hall–Kier alpha value is -4.29. The van der Waals surface area contributed by atoms with Gasteiger partial charge >= 0.3 is 0 Å². The molecule has 5 nitrogen and oxygen atoms in total. The zero-order chi connectivity index (χ0) is 27.1. The summed E-state index contributed by atoms with van der Waals surface area (Å²) in [5.41, 5.74) is 8.39. The minimum Gasteiger partial charge on any atom is -0.318 e. The third-order valence-electron chi connectivity index (χ3n) is 6.90. The van der Waals surface area contributed by atoms with Crippen LogP contribution in [-0.2, 0) is 9.59 Å². The first-order valence-corrected chi connectivity index (χ1v) is 12.9. The van der Waals surface area contributed by atoms with Crippen LogP contribution in [0.3, 0.4) is 0 Å². The normalized spacial score (nSPS) is 13.9. The smallest absolute Gasteiger partial charge is 0.270 e. The third-order valence-corrected chi connectivity index (χ3v) is 7.26. The van der Waals surface area contributed by atoms with E-state index in [9.17, 15) is 9.59 Å². The molecule has 1 saturated heterocycles. The van der Waals surface area contributed by atoms with Gasteiger partial charge in [0, 0.05) is 17.1 Å². The lowest BCUT2D eigenvalue weighted by molar-refractivity contribution is -0.120. The number of nitrogens with zero attached hydrogens (tertiary/aromatic N) is 3. The van der Waals surface area contributed by atoms with Gasteiger partial charge in [0.15, 0.2) is 5.11 Å². The molecule has 1 aliphatic rings. The number of rotatable bonds is 4. The number of anilines is 2. The zero-order valence-electron chi connectivity index (χ0n) is 22.1. The summed E-state index contributed by atoms with van der Waals surface area (Å²) in [6, 6.07) is 25.4. The molecule has 190 valence electrons. The van der Waals surface area contributed by atoms with Crippen LogP contribution in [0.4, 0.5) is 11.4 Å². The van der Waals surface area contributed by atoms with E-state index in [1.165, 1.54) is 15.4 Å². The second-order valence-corrected chi connectivity index (χ2v) is 10.2. The van der Waals surface area contributed by atoms with Crippen molar-refractivity contribution >= 4 is 46.6 Å². The summed E-state index contributed by atoms with van der Waals surface area (Å²) in [7, 11) is 0. The SMILES string of the molecule is Cc1ccc(N2C(=O)C(=Cc3cc(C)n(-c4ccc(C)cc4)c3C)C(=O)N(c3ccc(C)cc3)C2=S)cc1. The molecule has 38 heavy (non-hydrogen) atoms. The van der Waals surface area contributed by atoms with E-state index in [1.54, 1.807) is 6.08 Å². The minimum atomic E-state index is -0.438. The molecule has 6 heteroatoms. The molecule has 0 spiro atoms. The van der Waals surface area contributed by atoms with Crippen molar-refractivity contribution in [2.24, 2.45) is 0 Å². The fourth-order valence-corrected chi connectivity index (χ4v) is 5.13. The number of aryl methyl sites for hydroxylation is 4. The van der Waals surface area contributed by atoms with Gasteiger partial charge in [-0.25, -0.2) is 0 Å². The van der Waals surface area contributed by atoms with Gasteiger partial charge in [-0.1, -0.05) is 53.1 Å². The van der Waals surface area contributed by atoms with Crippen molar-refractivity contribution < 1.29 is 9.59 Å². The molecule has 0 unspecified atom stereocenters. The van der Waals surface area contributed by atoms with Gasteiger partial charge < -0.3 is 4.57 Å². The molecule has 0 saturated carbocycles. The highest BCUT2D eigenvalue weighted by Gasteiger charge is 2.41. The van der Waals surface area contributed by atoms with E-state index < -0.39 is 11.8 Å². The maximum Gasteiger partial charge on any atom is 0.270 e. The average Bonchev–Trinajstić information content (AvgIpc) is 3.17. The highest BCUT2D eigenvalue weighted by atomic mass is 32.1. The van der Waals surface area contributed by atoms with Crippen molar-refractivity contribution in [2.75, 3.05) is 9.80 Å². The van der Waals surface area contributed by atoms with E-state index in [1.807, 2.05) is 82.3 Å². The van der Waals surface area contributed by atoms with Gasteiger partial charge in [-0.2, -0.15) is 0 Å². The van der Waals surface area contributed by atoms with Crippen molar-refractivity contribution in [3.8, 4) is 5.69 Å². The number of amides is 2. The molecular weight excluding hydrogens is 490 g/mol. The Morgan fingerprint density at radius 2 is 1.00 bits per heavy atom. The monoisotopic (exact) mass is 519 g/mol. The molecule has 1 aromatic heterocycles. The van der Waals surface area contributed by atoms with Crippen molar-refractivity contribution in [2.45, 2.75) is 34.6 Å². The first-order chi connectivity index (χ1) is 18.2. The minimum absolute atomic E-state index is 0.0592. The van der Waals surface area contributed by atoms with E-state index >= 15 is 0 Å². The molecule has 0 N–H and O–H groups in total. The molecular formula is C32H29N3O2S. The molecule has 2 heterocycles. The topological polar surface area (TPSA) is 45.6 Å². The van der Waals surface area contributed by atoms with Gasteiger partial charge in [0.1, 0.15) is 5.57 Å². The van der Waals surface area contributed by atoms with Gasteiger partial charge in [0.05, 0.1) is 11.4 Å². The third kappa shape index (κ3) is 4.48. The van der Waals surface area contributed by atoms with Gasteiger partial charge in [-0.3, -0.25) is 19.4 Å². The van der Waals surface area contributed by atoms with Crippen LogP contribution in [0.5, 0.6) is 0 Å². The standard InChI is InChI=1S/C32H29N3O2S/c1-20-6-12-26(13-7-20)33-23(4)18-25(24(33)5)19-29-30(36)34(27-14-8-21(2)9-15-27)32(38)35(31(29)37)28-16-10-22(3)11-17-28/h6-19H,1-5H3. The summed E-state index contributed by atoms with van der Waals surface area (Å²) < 4.78 is 2.13. The average molecular weight is 520 g/mol. The lowest BCUT2D eigenvalue weighted by atomic mass is 10.0. The van der Waals surface area contributed by atoms with Crippen molar-refractivity contribution in [1.29, 1.82) is 0 Å². The summed E-state index contributed by atoms with van der Waals surface area (Å²) in [6.45, 7) is 10.0. The molecule has 0 bridgehead atoms. The summed E-state index contributed by atoms with van der Waals surface area (Å²) in [6.07, 6.45) is 1.70. The predicted octanol–water partition coefficient (Wildman–Crippen LogP) is 6.77. The summed E-state index contributed by atoms with van der Waals surface area (Å²) in [5, 5.41) is 0.134. The number of thiocarbonyl (C=S) groups is 1. The van der Waals surface area contributed by atoms with E-state index in [0.717, 1.165) is 33.8 Å². The molecule has 0 radical (unpaired) electrons. The maximum absolute atomic E-state index is 13.9. The predicted molar refractivity (Wildman–Crippen MR) is 158 cm³/mol. The lowest BCUT2D eigenvalue weighted by Crippen LogP contribution is -2.56. The molecule has 4 aromatic rings. The Bertz CT molecular complexity index is 1520. The van der Waals surface area contributed by atoms with Crippen LogP contribution in [0.1, 0.15) is 33.6 Å². The molecule has 5 rings (SSSR count). The Morgan fingerprint density at radius 1 is 0.605 bits per heavy atom. The van der Waals surface area contributed by atoms with Crippen LogP contribution in [0.15, 0.2) is 84.4 Å². The Kier molecular flexibility index (Phi) is 6.59. The van der Waals surface area contributed by atoms with Gasteiger partial charge in [0.2, 0.25) is 0 Å². The van der Waals surface area contributed by atoms with Crippen molar-refractivity contribution in [3.63, 3.8) is 0 Å².